The number of aromatic nitrogens is 1. The number of hydrogen-bond acceptors (Lipinski definition) is 10. The van der Waals surface area contributed by atoms with Crippen LogP contribution in [0.25, 0.3) is 0 Å². The Morgan fingerprint density at radius 3 is 2.44 bits per heavy atom. The molecule has 4 aliphatic carbocycles. The molecule has 200 valence electrons. The summed E-state index contributed by atoms with van der Waals surface area (Å²) >= 11 is 0. The molecule has 0 bridgehead atoms. The predicted molar refractivity (Wildman–Crippen MR) is 126 cm³/mol. The third-order valence-electron chi connectivity index (χ3n) is 9.86. The standard InChI is InChI=1S/C26H38N2O8/c27-25(35)21-18(31)9-12-7-11-8-15-14(17(30)10-13-3-1-2-6-28-13)4-5-16(29)20(15)22(32)19(11)23(33)26(12,36)24(21)34/h1-3,6,11-12,14-23,25,29-33,35-36H,4-5,7-10,27H2/t11-,12+,14?,15?,16?,17?,18?,19?,20?,21?,22?,23?,25?,26+/m1/s1. The maximum Gasteiger partial charge on any atom is 0.176 e. The van der Waals surface area contributed by atoms with Crippen LogP contribution in [-0.2, 0) is 11.2 Å². The normalized spacial score (nSPS) is 48.3. The summed E-state index contributed by atoms with van der Waals surface area (Å²) in [4.78, 5) is 17.5. The molecule has 0 aromatic carbocycles. The first-order valence-corrected chi connectivity index (χ1v) is 13.1. The second kappa shape index (κ2) is 9.67. The van der Waals surface area contributed by atoms with Gasteiger partial charge in [0, 0.05) is 36.1 Å². The van der Waals surface area contributed by atoms with Crippen LogP contribution < -0.4 is 5.73 Å². The molecule has 0 amide bonds. The summed E-state index contributed by atoms with van der Waals surface area (Å²) in [5.74, 6) is -5.29. The molecule has 0 saturated heterocycles. The molecule has 9 N–H and O–H groups in total. The minimum absolute atomic E-state index is 0.0139. The average Bonchev–Trinajstić information content (AvgIpc) is 2.82. The van der Waals surface area contributed by atoms with E-state index in [9.17, 15) is 40.5 Å². The molecule has 36 heavy (non-hydrogen) atoms. The van der Waals surface area contributed by atoms with E-state index in [0.717, 1.165) is 5.69 Å². The lowest BCUT2D eigenvalue weighted by Gasteiger charge is -2.60. The van der Waals surface area contributed by atoms with E-state index >= 15 is 0 Å². The molecular formula is C26H38N2O8. The largest absolute Gasteiger partial charge is 0.393 e. The average molecular weight is 507 g/mol. The molecule has 1 heterocycles. The highest BCUT2D eigenvalue weighted by atomic mass is 16.4. The van der Waals surface area contributed by atoms with E-state index < -0.39 is 71.8 Å². The molecule has 1 aromatic rings. The maximum atomic E-state index is 13.2. The van der Waals surface area contributed by atoms with Gasteiger partial charge in [-0.05, 0) is 62.0 Å². The molecule has 10 nitrogen and oxygen atoms in total. The summed E-state index contributed by atoms with van der Waals surface area (Å²) < 4.78 is 0. The summed E-state index contributed by atoms with van der Waals surface area (Å²) in [6.45, 7) is 0. The van der Waals surface area contributed by atoms with Crippen molar-refractivity contribution in [3.63, 3.8) is 0 Å². The molecular weight excluding hydrogens is 468 g/mol. The van der Waals surface area contributed by atoms with E-state index in [1.165, 1.54) is 0 Å². The zero-order valence-electron chi connectivity index (χ0n) is 20.1. The van der Waals surface area contributed by atoms with Gasteiger partial charge in [0.1, 0.15) is 6.23 Å². The number of Topliss-reactive ketones (excluding diaryl/α,β-unsaturated/α-hetero) is 1. The first-order valence-electron chi connectivity index (χ1n) is 13.1. The molecule has 4 fully saturated rings. The summed E-state index contributed by atoms with van der Waals surface area (Å²) in [5.41, 5.74) is 4.01. The zero-order valence-corrected chi connectivity index (χ0v) is 20.1. The fourth-order valence-corrected chi connectivity index (χ4v) is 8.22. The van der Waals surface area contributed by atoms with Crippen molar-refractivity contribution in [3.05, 3.63) is 30.1 Å². The summed E-state index contributed by atoms with van der Waals surface area (Å²) in [7, 11) is 0. The lowest BCUT2D eigenvalue weighted by molar-refractivity contribution is -0.246. The van der Waals surface area contributed by atoms with Gasteiger partial charge in [-0.2, -0.15) is 0 Å². The molecule has 5 rings (SSSR count). The number of aliphatic hydroxyl groups is 7. The number of nitrogens with zero attached hydrogens (tertiary/aromatic N) is 1. The fourth-order valence-electron chi connectivity index (χ4n) is 8.22. The number of carbonyl (C=O) groups is 1. The summed E-state index contributed by atoms with van der Waals surface area (Å²) in [6, 6.07) is 5.51. The van der Waals surface area contributed by atoms with Crippen LogP contribution in [0.2, 0.25) is 0 Å². The van der Waals surface area contributed by atoms with E-state index in [4.69, 9.17) is 5.73 Å². The lowest BCUT2D eigenvalue weighted by Crippen LogP contribution is -2.72. The Kier molecular flexibility index (Phi) is 7.01. The Morgan fingerprint density at radius 1 is 1.03 bits per heavy atom. The Hall–Kier alpha value is -1.50. The molecule has 14 atom stereocenters. The predicted octanol–water partition coefficient (Wildman–Crippen LogP) is -1.68. The quantitative estimate of drug-likeness (QED) is 0.218. The van der Waals surface area contributed by atoms with Crippen LogP contribution in [0, 0.1) is 41.4 Å². The molecule has 0 radical (unpaired) electrons. The SMILES string of the molecule is NC(O)C1C(=O)[C@@]2(O)C(O)C3C(O)C4C(O)CCC(C(O)Cc5ccccn5)C4C[C@H]3C[C@H]2CC1O. The minimum atomic E-state index is -2.25. The number of pyridine rings is 1. The van der Waals surface area contributed by atoms with Gasteiger partial charge in [0.2, 0.25) is 0 Å². The van der Waals surface area contributed by atoms with Crippen LogP contribution in [0.3, 0.4) is 0 Å². The maximum absolute atomic E-state index is 13.2. The number of hydrogen-bond donors (Lipinski definition) is 8. The molecule has 10 heteroatoms. The van der Waals surface area contributed by atoms with Gasteiger partial charge in [0.25, 0.3) is 0 Å². The Morgan fingerprint density at radius 2 is 1.78 bits per heavy atom. The van der Waals surface area contributed by atoms with Crippen molar-refractivity contribution in [2.24, 2.45) is 47.2 Å². The van der Waals surface area contributed by atoms with E-state index in [1.54, 1.807) is 12.3 Å². The van der Waals surface area contributed by atoms with E-state index in [-0.39, 0.29) is 30.6 Å². The number of rotatable bonds is 4. The second-order valence-electron chi connectivity index (χ2n) is 11.6. The molecule has 1 aromatic heterocycles. The Labute approximate surface area is 209 Å². The van der Waals surface area contributed by atoms with E-state index in [0.29, 0.717) is 25.7 Å². The molecule has 4 aliphatic rings. The third-order valence-corrected chi connectivity index (χ3v) is 9.86. The van der Waals surface area contributed by atoms with Gasteiger partial charge in [-0.15, -0.1) is 0 Å². The van der Waals surface area contributed by atoms with E-state index in [1.807, 2.05) is 12.1 Å². The number of carbonyl (C=O) groups excluding carboxylic acids is 1. The van der Waals surface area contributed by atoms with Gasteiger partial charge in [0.05, 0.1) is 36.4 Å². The highest BCUT2D eigenvalue weighted by Crippen LogP contribution is 2.57. The van der Waals surface area contributed by atoms with Gasteiger partial charge in [0.15, 0.2) is 11.4 Å². The zero-order chi connectivity index (χ0) is 25.9. The van der Waals surface area contributed by atoms with Crippen LogP contribution in [0.15, 0.2) is 24.4 Å². The van der Waals surface area contributed by atoms with Gasteiger partial charge < -0.3 is 41.5 Å². The van der Waals surface area contributed by atoms with Crippen LogP contribution >= 0.6 is 0 Å². The topological polar surface area (TPSA) is 198 Å². The van der Waals surface area contributed by atoms with Crippen molar-refractivity contribution in [3.8, 4) is 0 Å². The number of aliphatic hydroxyl groups excluding tert-OH is 6. The van der Waals surface area contributed by atoms with Gasteiger partial charge in [-0.3, -0.25) is 9.78 Å². The summed E-state index contributed by atoms with van der Waals surface area (Å²) in [5, 5.41) is 76.7. The van der Waals surface area contributed by atoms with Crippen molar-refractivity contribution in [2.45, 2.75) is 80.9 Å². The van der Waals surface area contributed by atoms with Crippen LogP contribution in [-0.4, -0.2) is 88.9 Å². The Bertz CT molecular complexity index is 949. The fraction of sp³-hybridized carbons (Fsp3) is 0.769. The first kappa shape index (κ1) is 26.1. The van der Waals surface area contributed by atoms with E-state index in [2.05, 4.69) is 4.98 Å². The number of nitrogens with two attached hydrogens (primary N) is 1. The first-order chi connectivity index (χ1) is 17.1. The summed E-state index contributed by atoms with van der Waals surface area (Å²) in [6.07, 6.45) is -3.57. The number of ketones is 1. The Balaban J connectivity index is 1.42. The highest BCUT2D eigenvalue weighted by molar-refractivity contribution is 5.92. The lowest BCUT2D eigenvalue weighted by atomic mass is 9.48. The monoisotopic (exact) mass is 506 g/mol. The third kappa shape index (κ3) is 4.03. The van der Waals surface area contributed by atoms with Crippen LogP contribution in [0.1, 0.15) is 37.8 Å². The molecule has 4 saturated carbocycles. The second-order valence-corrected chi connectivity index (χ2v) is 11.6. The highest BCUT2D eigenvalue weighted by Gasteiger charge is 2.67. The van der Waals surface area contributed by atoms with Crippen LogP contribution in [0.5, 0.6) is 0 Å². The van der Waals surface area contributed by atoms with Crippen LogP contribution in [0.4, 0.5) is 0 Å². The van der Waals surface area contributed by atoms with Gasteiger partial charge >= 0.3 is 0 Å². The minimum Gasteiger partial charge on any atom is -0.393 e. The molecule has 11 unspecified atom stereocenters. The van der Waals surface area contributed by atoms with Crippen molar-refractivity contribution in [1.29, 1.82) is 0 Å². The van der Waals surface area contributed by atoms with Crippen molar-refractivity contribution in [2.75, 3.05) is 0 Å². The van der Waals surface area contributed by atoms with Gasteiger partial charge in [-0.1, -0.05) is 6.07 Å². The molecule has 0 aliphatic heterocycles. The van der Waals surface area contributed by atoms with Crippen molar-refractivity contribution < 1.29 is 40.5 Å². The molecule has 0 spiro atoms. The van der Waals surface area contributed by atoms with Crippen molar-refractivity contribution in [1.82, 2.24) is 4.98 Å². The van der Waals surface area contributed by atoms with Crippen molar-refractivity contribution >= 4 is 5.78 Å². The van der Waals surface area contributed by atoms with Gasteiger partial charge in [-0.25, -0.2) is 0 Å². The number of fused-ring (bicyclic) bond motifs is 3. The smallest absolute Gasteiger partial charge is 0.176 e.